The molecule has 2 spiro atoms. The van der Waals surface area contributed by atoms with Crippen molar-refractivity contribution >= 4 is 127 Å². The first-order valence-electron chi connectivity index (χ1n) is 30.4. The standard InChI is InChI=1S/C15H25ClN2O5.C11H20N2O3.C9H16ClNO.C8H13ClFNO2.C8H14ClNO2S.C7H12ClNOS/c1-14(2,3)23-13(20)18-5-7-22-15(10-18)9-17(12(19)8-16)4-6-21-11-15;1-2-10(14)13-4-6-15-9-11(8-13)7-12-3-5-16-11;1-8-4-2-3-5-11(7-8)9(12)6-10;1-8(10)5-11(7(12)4-9)2-3-13-6-8;1-13(12)5-2-3-10(4-6-13)8(11)7-9;8-6-7(10)9-2-1-4-11-5-3-9/h4-11H2,1-3H3;12H,2-9H2,1H3;8H,2-7H2,1H3;2-6H2,1H3;1-7H2;1-6H2. The van der Waals surface area contributed by atoms with Gasteiger partial charge in [-0.1, -0.05) is 20.3 Å². The number of carbonyl (C=O) groups is 7. The van der Waals surface area contributed by atoms with E-state index in [0.717, 1.165) is 64.3 Å². The molecule has 8 aliphatic rings. The maximum Gasteiger partial charge on any atom is 0.410 e. The number of halogens is 6. The zero-order chi connectivity index (χ0) is 65.4. The van der Waals surface area contributed by atoms with Crippen LogP contribution in [-0.2, 0) is 66.7 Å². The van der Waals surface area contributed by atoms with Gasteiger partial charge in [0.25, 0.3) is 0 Å². The SMILES string of the molecule is C=S1(=O)CCCN(C(=O)CCl)CC1.CC(C)(C)OC(=O)N1CCOC2(COCCN(C(=O)CCl)C2)C1.CC1(F)COCCN(C(=O)CCl)C1.CC1CCCCN(C(=O)CCl)C1.CCC(=O)N1CCOCC2(CNCCO2)C1.O=C(CCl)N1CCCSCC1. The Balaban J connectivity index is 0.000000282. The molecule has 22 nitrogen and oxygen atoms in total. The van der Waals surface area contributed by atoms with E-state index in [1.165, 1.54) is 30.4 Å². The molecule has 0 aromatic carbocycles. The van der Waals surface area contributed by atoms with E-state index < -0.39 is 26.4 Å². The highest BCUT2D eigenvalue weighted by molar-refractivity contribution is 8.00. The van der Waals surface area contributed by atoms with Gasteiger partial charge in [-0.15, -0.1) is 58.0 Å². The summed E-state index contributed by atoms with van der Waals surface area (Å²) < 4.78 is 58.5. The highest BCUT2D eigenvalue weighted by atomic mass is 35.5. The van der Waals surface area contributed by atoms with Gasteiger partial charge in [-0.25, -0.2) is 9.18 Å². The summed E-state index contributed by atoms with van der Waals surface area (Å²) in [7, 11) is -1.93. The van der Waals surface area contributed by atoms with Gasteiger partial charge in [-0.3, -0.25) is 33.0 Å². The molecule has 0 aliphatic carbocycles. The van der Waals surface area contributed by atoms with Crippen LogP contribution < -0.4 is 5.32 Å². The minimum Gasteiger partial charge on any atom is -0.444 e. The smallest absolute Gasteiger partial charge is 0.410 e. The van der Waals surface area contributed by atoms with Crippen LogP contribution in [-0.4, -0.2) is 318 Å². The average Bonchev–Trinajstić information content (AvgIpc) is 2.88. The summed E-state index contributed by atoms with van der Waals surface area (Å²) in [6.07, 6.45) is 5.66. The van der Waals surface area contributed by atoms with Gasteiger partial charge in [0.1, 0.15) is 51.9 Å². The van der Waals surface area contributed by atoms with Crippen LogP contribution in [0.25, 0.3) is 0 Å². The van der Waals surface area contributed by atoms with Crippen LogP contribution in [0.4, 0.5) is 9.18 Å². The molecule has 88 heavy (non-hydrogen) atoms. The molecular formula is C58H100Cl5FN8O14S2. The van der Waals surface area contributed by atoms with Gasteiger partial charge in [0.15, 0.2) is 0 Å². The number of morpholine rings is 2. The Morgan fingerprint density at radius 3 is 1.66 bits per heavy atom. The Bertz CT molecular complexity index is 2260. The zero-order valence-electron chi connectivity index (χ0n) is 52.8. The number of carbonyl (C=O) groups excluding carboxylic acids is 7. The fraction of sp³-hybridized carbons (Fsp3) is 0.862. The second-order valence-electron chi connectivity index (χ2n) is 24.1. The molecule has 0 aromatic heterocycles. The van der Waals surface area contributed by atoms with Gasteiger partial charge >= 0.3 is 6.09 Å². The van der Waals surface area contributed by atoms with Crippen molar-refractivity contribution in [3.05, 3.63) is 0 Å². The summed E-state index contributed by atoms with van der Waals surface area (Å²) in [5.41, 5.74) is -3.08. The molecule has 5 unspecified atom stereocenters. The molecule has 5 atom stereocenters. The van der Waals surface area contributed by atoms with Gasteiger partial charge in [0.2, 0.25) is 35.4 Å². The van der Waals surface area contributed by atoms with Gasteiger partial charge < -0.3 is 68.0 Å². The van der Waals surface area contributed by atoms with E-state index in [0.29, 0.717) is 129 Å². The number of hydrogen-bond acceptors (Lipinski definition) is 16. The quantitative estimate of drug-likeness (QED) is 0.280. The molecule has 8 heterocycles. The number of ether oxygens (including phenoxy) is 6. The Morgan fingerprint density at radius 1 is 0.591 bits per heavy atom. The Morgan fingerprint density at radius 2 is 1.08 bits per heavy atom. The molecule has 8 aliphatic heterocycles. The van der Waals surface area contributed by atoms with Gasteiger partial charge in [-0.2, -0.15) is 11.8 Å². The van der Waals surface area contributed by atoms with Crippen LogP contribution >= 0.6 is 69.8 Å². The predicted octanol–water partition coefficient (Wildman–Crippen LogP) is 4.75. The summed E-state index contributed by atoms with van der Waals surface area (Å²) in [5, 5.41) is 3.31. The minimum atomic E-state index is -1.93. The van der Waals surface area contributed by atoms with E-state index in [-0.39, 0.29) is 89.7 Å². The average molecular weight is 1390 g/mol. The third-order valence-corrected chi connectivity index (χ3v) is 19.1. The van der Waals surface area contributed by atoms with Gasteiger partial charge in [0.05, 0.1) is 79.0 Å². The summed E-state index contributed by atoms with van der Waals surface area (Å²) in [6, 6.07) is 0. The number of rotatable bonds is 6. The van der Waals surface area contributed by atoms with E-state index in [1.54, 1.807) is 14.7 Å². The maximum atomic E-state index is 13.5. The van der Waals surface area contributed by atoms with Crippen molar-refractivity contribution in [2.45, 2.75) is 103 Å². The van der Waals surface area contributed by atoms with Crippen LogP contribution in [0.2, 0.25) is 0 Å². The van der Waals surface area contributed by atoms with E-state index in [9.17, 15) is 42.2 Å². The van der Waals surface area contributed by atoms with Crippen LogP contribution in [0.5, 0.6) is 0 Å². The normalized spacial score (nSPS) is 27.2. The molecule has 7 amide bonds. The van der Waals surface area contributed by atoms with E-state index in [4.69, 9.17) is 86.4 Å². The molecule has 8 rings (SSSR count). The van der Waals surface area contributed by atoms with Crippen molar-refractivity contribution in [2.24, 2.45) is 5.92 Å². The second-order valence-corrected chi connectivity index (χ2v) is 29.4. The summed E-state index contributed by atoms with van der Waals surface area (Å²) >= 11 is 29.3. The Kier molecular flexibility index (Phi) is 37.5. The number of nitrogens with one attached hydrogen (secondary N) is 1. The number of hydrogen-bond donors (Lipinski definition) is 1. The van der Waals surface area contributed by atoms with Crippen molar-refractivity contribution in [1.29, 1.82) is 0 Å². The fourth-order valence-corrected chi connectivity index (χ4v) is 13.5. The minimum absolute atomic E-state index is 0.0122. The van der Waals surface area contributed by atoms with Gasteiger partial charge in [-0.05, 0) is 80.4 Å². The largest absolute Gasteiger partial charge is 0.444 e. The van der Waals surface area contributed by atoms with Crippen LogP contribution in [0.1, 0.15) is 80.1 Å². The van der Waals surface area contributed by atoms with Crippen molar-refractivity contribution in [3.63, 3.8) is 0 Å². The third-order valence-electron chi connectivity index (χ3n) is 15.0. The Hall–Kier alpha value is -2.40. The number of amides is 7. The van der Waals surface area contributed by atoms with Crippen molar-refractivity contribution in [3.8, 4) is 0 Å². The van der Waals surface area contributed by atoms with Crippen LogP contribution in [0, 0.1) is 5.92 Å². The Labute approximate surface area is 552 Å². The molecule has 0 radical (unpaired) electrons. The number of likely N-dealkylation sites (tertiary alicyclic amines) is 1. The van der Waals surface area contributed by atoms with E-state index in [1.807, 2.05) is 54.2 Å². The lowest BCUT2D eigenvalue weighted by Crippen LogP contribution is -2.60. The molecular weight excluding hydrogens is 1290 g/mol. The summed E-state index contributed by atoms with van der Waals surface area (Å²) in [6.45, 7) is 24.3. The molecule has 0 aromatic rings. The first-order chi connectivity index (χ1) is 41.7. The highest BCUT2D eigenvalue weighted by Crippen LogP contribution is 2.25. The lowest BCUT2D eigenvalue weighted by molar-refractivity contribution is -0.148. The van der Waals surface area contributed by atoms with Gasteiger partial charge in [0, 0.05) is 102 Å². The molecule has 30 heteroatoms. The number of nitrogens with zero attached hydrogens (tertiary/aromatic N) is 7. The first-order valence-corrected chi connectivity index (χ1v) is 36.3. The van der Waals surface area contributed by atoms with E-state index in [2.05, 4.69) is 18.1 Å². The first kappa shape index (κ1) is 79.8. The number of alkyl halides is 6. The lowest BCUT2D eigenvalue weighted by atomic mass is 10.0. The zero-order valence-corrected chi connectivity index (χ0v) is 58.2. The van der Waals surface area contributed by atoms with Crippen molar-refractivity contribution in [1.82, 2.24) is 39.6 Å². The topological polar surface area (TPSA) is 227 Å². The van der Waals surface area contributed by atoms with Crippen molar-refractivity contribution < 1.29 is 70.6 Å². The van der Waals surface area contributed by atoms with E-state index >= 15 is 0 Å². The third kappa shape index (κ3) is 30.6. The number of thioether (sulfide) groups is 1. The molecule has 8 fully saturated rings. The molecule has 1 N–H and O–H groups in total. The lowest BCUT2D eigenvalue weighted by Gasteiger charge is -2.43. The fourth-order valence-electron chi connectivity index (χ4n) is 10.3. The second kappa shape index (κ2) is 41.3. The summed E-state index contributed by atoms with van der Waals surface area (Å²) in [5.74, 6) is 7.64. The molecule has 510 valence electrons. The predicted molar refractivity (Wildman–Crippen MR) is 348 cm³/mol. The molecule has 0 bridgehead atoms. The monoisotopic (exact) mass is 1390 g/mol. The van der Waals surface area contributed by atoms with Crippen LogP contribution in [0.15, 0.2) is 0 Å². The van der Waals surface area contributed by atoms with Crippen LogP contribution in [0.3, 0.4) is 0 Å². The maximum absolute atomic E-state index is 13.5. The molecule has 8 saturated heterocycles. The van der Waals surface area contributed by atoms with Crippen molar-refractivity contribution in [2.75, 3.05) is 210 Å². The molecule has 0 saturated carbocycles. The summed E-state index contributed by atoms with van der Waals surface area (Å²) in [4.78, 5) is 92.7. The highest BCUT2D eigenvalue weighted by Gasteiger charge is 2.44.